The van der Waals surface area contributed by atoms with Gasteiger partial charge in [-0.15, -0.1) is 0 Å². The molecule has 1 aromatic carbocycles. The summed E-state index contributed by atoms with van der Waals surface area (Å²) in [6.07, 6.45) is 2.07. The van der Waals surface area contributed by atoms with Crippen LogP contribution in [0.15, 0.2) is 47.4 Å². The summed E-state index contributed by atoms with van der Waals surface area (Å²) < 4.78 is 15.5. The van der Waals surface area contributed by atoms with Gasteiger partial charge in [-0.2, -0.15) is 0 Å². The quantitative estimate of drug-likeness (QED) is 0.774. The van der Waals surface area contributed by atoms with Crippen LogP contribution in [-0.2, 0) is 4.79 Å². The molecule has 0 unspecified atom stereocenters. The Kier molecular flexibility index (Phi) is 4.22. The number of carbonyl (C=O) groups excluding carboxylic acids is 1. The van der Waals surface area contributed by atoms with E-state index in [0.717, 1.165) is 0 Å². The topological polar surface area (TPSA) is 89.1 Å². The van der Waals surface area contributed by atoms with Crippen LogP contribution in [0.25, 0.3) is 5.69 Å². The van der Waals surface area contributed by atoms with Gasteiger partial charge in [-0.25, -0.2) is 4.39 Å². The molecule has 0 saturated carbocycles. The largest absolute Gasteiger partial charge is 0.326 e. The summed E-state index contributed by atoms with van der Waals surface area (Å²) in [5.41, 5.74) is 5.95. The summed E-state index contributed by atoms with van der Waals surface area (Å²) >= 11 is 0. The number of rotatable bonds is 3. The van der Waals surface area contributed by atoms with E-state index in [4.69, 9.17) is 5.73 Å². The van der Waals surface area contributed by atoms with Gasteiger partial charge in [0.05, 0.1) is 17.4 Å². The van der Waals surface area contributed by atoms with Gasteiger partial charge >= 0.3 is 0 Å². The van der Waals surface area contributed by atoms with Gasteiger partial charge in [0, 0.05) is 30.9 Å². The number of hydrogen-bond donors (Lipinski definition) is 3. The van der Waals surface area contributed by atoms with Crippen molar-refractivity contribution in [3.63, 3.8) is 0 Å². The van der Waals surface area contributed by atoms with Gasteiger partial charge in [0.2, 0.25) is 5.91 Å². The van der Waals surface area contributed by atoms with Crippen LogP contribution in [0.4, 0.5) is 10.1 Å². The van der Waals surface area contributed by atoms with Crippen molar-refractivity contribution < 1.29 is 9.18 Å². The third kappa shape index (κ3) is 3.30. The zero-order chi connectivity index (χ0) is 16.4. The molecule has 0 bridgehead atoms. The van der Waals surface area contributed by atoms with E-state index in [1.807, 2.05) is 0 Å². The highest BCUT2D eigenvalue weighted by Gasteiger charge is 2.27. The van der Waals surface area contributed by atoms with E-state index in [1.165, 1.54) is 22.8 Å². The van der Waals surface area contributed by atoms with Gasteiger partial charge in [0.1, 0.15) is 5.82 Å². The predicted octanol–water partition coefficient (Wildman–Crippen LogP) is 0.604. The summed E-state index contributed by atoms with van der Waals surface area (Å²) in [5, 5.41) is 5.53. The van der Waals surface area contributed by atoms with Crippen molar-refractivity contribution in [2.24, 2.45) is 5.73 Å². The first-order valence-corrected chi connectivity index (χ1v) is 7.32. The Labute approximate surface area is 132 Å². The van der Waals surface area contributed by atoms with E-state index < -0.39 is 11.9 Å². The Morgan fingerprint density at radius 2 is 2.17 bits per heavy atom. The molecule has 2 atom stereocenters. The van der Waals surface area contributed by atoms with E-state index in [-0.39, 0.29) is 23.2 Å². The van der Waals surface area contributed by atoms with Crippen LogP contribution >= 0.6 is 0 Å². The molecule has 1 aliphatic heterocycles. The maximum atomic E-state index is 14.2. The molecular formula is C16H17FN4O2. The summed E-state index contributed by atoms with van der Waals surface area (Å²) in [6, 6.07) is 8.44. The van der Waals surface area contributed by atoms with Crippen molar-refractivity contribution in [3.8, 4) is 5.69 Å². The molecule has 1 aromatic heterocycles. The molecule has 2 heterocycles. The maximum Gasteiger partial charge on any atom is 0.255 e. The van der Waals surface area contributed by atoms with Gasteiger partial charge in [0.15, 0.2) is 0 Å². The Hall–Kier alpha value is -2.51. The summed E-state index contributed by atoms with van der Waals surface area (Å²) in [5.74, 6) is -0.921. The van der Waals surface area contributed by atoms with Crippen LogP contribution in [0, 0.1) is 5.82 Å². The summed E-state index contributed by atoms with van der Waals surface area (Å²) in [4.78, 5) is 23.8. The van der Waals surface area contributed by atoms with Crippen LogP contribution < -0.4 is 21.9 Å². The maximum absolute atomic E-state index is 14.2. The number of nitrogens with zero attached hydrogens (tertiary/aromatic N) is 1. The minimum atomic E-state index is -0.603. The Balaban J connectivity index is 1.79. The van der Waals surface area contributed by atoms with E-state index >= 15 is 0 Å². The number of pyridine rings is 1. The Morgan fingerprint density at radius 1 is 1.35 bits per heavy atom. The predicted molar refractivity (Wildman–Crippen MR) is 85.0 cm³/mol. The molecule has 2 aromatic rings. The number of nitrogens with one attached hydrogen (secondary N) is 2. The molecule has 0 aliphatic carbocycles. The lowest BCUT2D eigenvalue weighted by Gasteiger charge is -2.13. The summed E-state index contributed by atoms with van der Waals surface area (Å²) in [6.45, 7) is 0.566. The first kappa shape index (κ1) is 15.4. The minimum Gasteiger partial charge on any atom is -0.326 e. The van der Waals surface area contributed by atoms with Crippen LogP contribution in [0.5, 0.6) is 0 Å². The third-order valence-corrected chi connectivity index (χ3v) is 3.79. The second kappa shape index (κ2) is 6.31. The lowest BCUT2D eigenvalue weighted by Crippen LogP contribution is -2.35. The van der Waals surface area contributed by atoms with Gasteiger partial charge < -0.3 is 16.4 Å². The van der Waals surface area contributed by atoms with Crippen LogP contribution in [0.2, 0.25) is 0 Å². The summed E-state index contributed by atoms with van der Waals surface area (Å²) in [7, 11) is 0. The number of amides is 1. The highest BCUT2D eigenvalue weighted by molar-refractivity contribution is 5.95. The van der Waals surface area contributed by atoms with Crippen molar-refractivity contribution in [3.05, 3.63) is 58.8 Å². The number of anilines is 1. The molecule has 0 radical (unpaired) electrons. The van der Waals surface area contributed by atoms with Gasteiger partial charge in [-0.05, 0) is 24.6 Å². The van der Waals surface area contributed by atoms with Crippen molar-refractivity contribution in [2.45, 2.75) is 18.5 Å². The Morgan fingerprint density at radius 3 is 2.83 bits per heavy atom. The number of benzene rings is 1. The zero-order valence-corrected chi connectivity index (χ0v) is 12.3. The number of nitrogens with two attached hydrogens (primary N) is 1. The van der Waals surface area contributed by atoms with E-state index in [0.29, 0.717) is 18.7 Å². The highest BCUT2D eigenvalue weighted by Crippen LogP contribution is 2.18. The molecule has 7 heteroatoms. The number of carbonyl (C=O) groups is 1. The first-order chi connectivity index (χ1) is 11.0. The zero-order valence-electron chi connectivity index (χ0n) is 12.3. The molecule has 3 rings (SSSR count). The lowest BCUT2D eigenvalue weighted by molar-refractivity contribution is -0.117. The standard InChI is InChI=1S/C16H17FN4O2/c17-12-8-11(21-6-2-1-3-15(21)22)4-5-13(12)20-16(23)14-7-10(18)9-19-14/h1-6,8,10,14,19H,7,9,18H2,(H,20,23)/t10-,14-/m0/s1. The van der Waals surface area contributed by atoms with Crippen molar-refractivity contribution >= 4 is 11.6 Å². The molecule has 1 saturated heterocycles. The lowest BCUT2D eigenvalue weighted by atomic mass is 10.1. The van der Waals surface area contributed by atoms with E-state index in [9.17, 15) is 14.0 Å². The average Bonchev–Trinajstić information content (AvgIpc) is 2.96. The average molecular weight is 316 g/mol. The van der Waals surface area contributed by atoms with Crippen LogP contribution in [0.1, 0.15) is 6.42 Å². The number of halogens is 1. The molecule has 23 heavy (non-hydrogen) atoms. The third-order valence-electron chi connectivity index (χ3n) is 3.79. The highest BCUT2D eigenvalue weighted by atomic mass is 19.1. The van der Waals surface area contributed by atoms with Crippen LogP contribution in [-0.4, -0.2) is 29.1 Å². The van der Waals surface area contributed by atoms with Crippen LogP contribution in [0.3, 0.4) is 0 Å². The van der Waals surface area contributed by atoms with Gasteiger partial charge in [-0.1, -0.05) is 6.07 Å². The van der Waals surface area contributed by atoms with Crippen molar-refractivity contribution in [2.75, 3.05) is 11.9 Å². The molecular weight excluding hydrogens is 299 g/mol. The number of aromatic nitrogens is 1. The Bertz CT molecular complexity index is 790. The van der Waals surface area contributed by atoms with Crippen molar-refractivity contribution in [1.29, 1.82) is 0 Å². The second-order valence-electron chi connectivity index (χ2n) is 5.52. The van der Waals surface area contributed by atoms with Gasteiger partial charge in [-0.3, -0.25) is 14.2 Å². The molecule has 1 aliphatic rings. The monoisotopic (exact) mass is 316 g/mol. The fraction of sp³-hybridized carbons (Fsp3) is 0.250. The minimum absolute atomic E-state index is 0.0667. The number of hydrogen-bond acceptors (Lipinski definition) is 4. The smallest absolute Gasteiger partial charge is 0.255 e. The fourth-order valence-corrected chi connectivity index (χ4v) is 2.58. The van der Waals surface area contributed by atoms with Crippen molar-refractivity contribution in [1.82, 2.24) is 9.88 Å². The van der Waals surface area contributed by atoms with Gasteiger partial charge in [0.25, 0.3) is 5.56 Å². The molecule has 1 amide bonds. The second-order valence-corrected chi connectivity index (χ2v) is 5.52. The SMILES string of the molecule is N[C@@H]1CN[C@H](C(=O)Nc2ccc(-n3ccccc3=O)cc2F)C1. The molecule has 4 N–H and O–H groups in total. The molecule has 0 spiro atoms. The first-order valence-electron chi connectivity index (χ1n) is 7.32. The molecule has 120 valence electrons. The normalized spacial score (nSPS) is 20.4. The molecule has 6 nitrogen and oxygen atoms in total. The molecule has 1 fully saturated rings. The van der Waals surface area contributed by atoms with E-state index in [2.05, 4.69) is 10.6 Å². The fourth-order valence-electron chi connectivity index (χ4n) is 2.58. The van der Waals surface area contributed by atoms with E-state index in [1.54, 1.807) is 24.4 Å².